The Balaban J connectivity index is 2.25. The Hall–Kier alpha value is -1.12. The number of nitrogens with zero attached hydrogens (tertiary/aromatic N) is 1. The summed E-state index contributed by atoms with van der Waals surface area (Å²) in [7, 11) is -4.56. The molecule has 0 aliphatic carbocycles. The highest BCUT2D eigenvalue weighted by atomic mass is 32.2. The van der Waals surface area contributed by atoms with Gasteiger partial charge in [0.15, 0.2) is 0 Å². The molecule has 0 spiro atoms. The number of nitrogens with one attached hydrogen (secondary N) is 1. The minimum atomic E-state index is -3.55. The minimum absolute atomic E-state index is 0.0416. The van der Waals surface area contributed by atoms with E-state index < -0.39 is 21.0 Å². The summed E-state index contributed by atoms with van der Waals surface area (Å²) in [5, 5.41) is 10.0. The van der Waals surface area contributed by atoms with Gasteiger partial charge in [0.25, 0.3) is 0 Å². The van der Waals surface area contributed by atoms with Gasteiger partial charge in [0.05, 0.1) is 5.69 Å². The Labute approximate surface area is 121 Å². The van der Waals surface area contributed by atoms with E-state index in [0.29, 0.717) is 12.3 Å². The minimum Gasteiger partial charge on any atom is -0.506 e. The largest absolute Gasteiger partial charge is 0.506 e. The predicted molar refractivity (Wildman–Crippen MR) is 79.4 cm³/mol. The highest BCUT2D eigenvalue weighted by Gasteiger charge is 2.29. The Bertz CT molecular complexity index is 628. The Kier molecular flexibility index (Phi) is 4.36. The molecule has 0 radical (unpaired) electrons. The summed E-state index contributed by atoms with van der Waals surface area (Å²) in [5.41, 5.74) is 0.969. The molecule has 1 unspecified atom stereocenters. The van der Waals surface area contributed by atoms with Crippen molar-refractivity contribution in [1.29, 1.82) is 0 Å². The van der Waals surface area contributed by atoms with Crippen LogP contribution in [0.2, 0.25) is 0 Å². The summed E-state index contributed by atoms with van der Waals surface area (Å²) in [6.45, 7) is 4.34. The van der Waals surface area contributed by atoms with E-state index in [2.05, 4.69) is 4.72 Å². The van der Waals surface area contributed by atoms with Gasteiger partial charge in [0.2, 0.25) is 0 Å². The van der Waals surface area contributed by atoms with Gasteiger partial charge in [0, 0.05) is 34.9 Å². The van der Waals surface area contributed by atoms with Gasteiger partial charge >= 0.3 is 10.2 Å². The lowest BCUT2D eigenvalue weighted by Crippen LogP contribution is -2.29. The molecule has 6 nitrogen and oxygen atoms in total. The van der Waals surface area contributed by atoms with Crippen molar-refractivity contribution in [1.82, 2.24) is 4.72 Å². The highest BCUT2D eigenvalue weighted by molar-refractivity contribution is 7.91. The van der Waals surface area contributed by atoms with Crippen LogP contribution in [0.25, 0.3) is 0 Å². The molecular weight excluding hydrogens is 300 g/mol. The van der Waals surface area contributed by atoms with Crippen molar-refractivity contribution in [3.63, 3.8) is 0 Å². The van der Waals surface area contributed by atoms with Crippen LogP contribution < -0.4 is 9.03 Å². The molecule has 1 aromatic rings. The first-order valence-corrected chi connectivity index (χ1v) is 9.10. The third-order valence-corrected chi connectivity index (χ3v) is 6.23. The van der Waals surface area contributed by atoms with Crippen LogP contribution in [0.5, 0.6) is 5.75 Å². The predicted octanol–water partition coefficient (Wildman–Crippen LogP) is 0.704. The first-order chi connectivity index (χ1) is 9.31. The summed E-state index contributed by atoms with van der Waals surface area (Å²) in [6, 6.07) is 4.72. The molecule has 20 heavy (non-hydrogen) atoms. The van der Waals surface area contributed by atoms with Crippen molar-refractivity contribution < 1.29 is 17.7 Å². The molecule has 8 heteroatoms. The van der Waals surface area contributed by atoms with Crippen molar-refractivity contribution in [2.45, 2.75) is 24.9 Å². The zero-order valence-corrected chi connectivity index (χ0v) is 13.0. The second kappa shape index (κ2) is 5.71. The van der Waals surface area contributed by atoms with Crippen LogP contribution in [-0.2, 0) is 26.8 Å². The lowest BCUT2D eigenvalue weighted by Gasteiger charge is -2.17. The van der Waals surface area contributed by atoms with E-state index in [1.807, 2.05) is 13.8 Å². The van der Waals surface area contributed by atoms with E-state index in [4.69, 9.17) is 0 Å². The van der Waals surface area contributed by atoms with Crippen molar-refractivity contribution in [3.05, 3.63) is 23.8 Å². The smallest absolute Gasteiger partial charge is 0.301 e. The van der Waals surface area contributed by atoms with Gasteiger partial charge < -0.3 is 5.11 Å². The fourth-order valence-corrected chi connectivity index (χ4v) is 4.02. The third kappa shape index (κ3) is 3.13. The average Bonchev–Trinajstić information content (AvgIpc) is 2.69. The molecule has 1 fully saturated rings. The molecule has 1 saturated heterocycles. The van der Waals surface area contributed by atoms with E-state index in [1.54, 1.807) is 12.1 Å². The van der Waals surface area contributed by atoms with Crippen LogP contribution in [0, 0.1) is 0 Å². The van der Waals surface area contributed by atoms with Gasteiger partial charge in [-0.05, 0) is 17.7 Å². The van der Waals surface area contributed by atoms with E-state index in [0.717, 1.165) is 9.87 Å². The maximum absolute atomic E-state index is 11.8. The fourth-order valence-electron chi connectivity index (χ4n) is 1.92. The monoisotopic (exact) mass is 318 g/mol. The molecule has 1 heterocycles. The van der Waals surface area contributed by atoms with Crippen molar-refractivity contribution in [3.8, 4) is 5.75 Å². The molecular formula is C12H18N2O4S2. The Morgan fingerprint density at radius 1 is 1.45 bits per heavy atom. The van der Waals surface area contributed by atoms with Crippen LogP contribution in [-0.4, -0.2) is 36.1 Å². The number of aromatic hydroxyl groups is 1. The van der Waals surface area contributed by atoms with E-state index in [-0.39, 0.29) is 23.2 Å². The molecule has 2 rings (SSSR count). The van der Waals surface area contributed by atoms with Gasteiger partial charge in [-0.1, -0.05) is 19.9 Å². The number of hydrogen-bond donors (Lipinski definition) is 2. The SMILES string of the molecule is CC(C)S(=O)Cc1ccc(N2CCNS2(=O)=O)c(O)c1. The van der Waals surface area contributed by atoms with Crippen molar-refractivity contribution >= 4 is 26.7 Å². The Morgan fingerprint density at radius 3 is 2.65 bits per heavy atom. The molecule has 1 aromatic carbocycles. The molecule has 0 aromatic heterocycles. The molecule has 0 bridgehead atoms. The van der Waals surface area contributed by atoms with Gasteiger partial charge in [-0.25, -0.2) is 0 Å². The second-order valence-corrected chi connectivity index (χ2v) is 8.54. The first-order valence-electron chi connectivity index (χ1n) is 6.27. The van der Waals surface area contributed by atoms with Crippen LogP contribution in [0.4, 0.5) is 5.69 Å². The first kappa shape index (κ1) is 15.3. The fraction of sp³-hybridized carbons (Fsp3) is 0.500. The van der Waals surface area contributed by atoms with Crippen molar-refractivity contribution in [2.75, 3.05) is 17.4 Å². The van der Waals surface area contributed by atoms with Crippen LogP contribution >= 0.6 is 0 Å². The molecule has 1 aliphatic rings. The number of phenols is 1. The maximum atomic E-state index is 11.8. The maximum Gasteiger partial charge on any atom is 0.301 e. The summed E-state index contributed by atoms with van der Waals surface area (Å²) in [4.78, 5) is 0. The number of hydrogen-bond acceptors (Lipinski definition) is 4. The van der Waals surface area contributed by atoms with Crippen molar-refractivity contribution in [2.24, 2.45) is 0 Å². The molecule has 2 N–H and O–H groups in total. The van der Waals surface area contributed by atoms with Crippen LogP contribution in [0.1, 0.15) is 19.4 Å². The van der Waals surface area contributed by atoms with E-state index in [9.17, 15) is 17.7 Å². The second-order valence-electron chi connectivity index (χ2n) is 4.87. The highest BCUT2D eigenvalue weighted by Crippen LogP contribution is 2.31. The van der Waals surface area contributed by atoms with Crippen LogP contribution in [0.3, 0.4) is 0 Å². The zero-order valence-electron chi connectivity index (χ0n) is 11.4. The third-order valence-electron chi connectivity index (χ3n) is 3.03. The van der Waals surface area contributed by atoms with Gasteiger partial charge in [0.1, 0.15) is 5.75 Å². The van der Waals surface area contributed by atoms with E-state index in [1.165, 1.54) is 6.07 Å². The normalized spacial score (nSPS) is 19.4. The summed E-state index contributed by atoms with van der Waals surface area (Å²) in [5.74, 6) is 0.229. The topological polar surface area (TPSA) is 86.7 Å². The van der Waals surface area contributed by atoms with Crippen LogP contribution in [0.15, 0.2) is 18.2 Å². The number of anilines is 1. The molecule has 1 atom stereocenters. The molecule has 0 saturated carbocycles. The number of benzene rings is 1. The number of phenolic OH excluding ortho intramolecular Hbond substituents is 1. The quantitative estimate of drug-likeness (QED) is 0.856. The van der Waals surface area contributed by atoms with Gasteiger partial charge in [-0.15, -0.1) is 0 Å². The molecule has 112 valence electrons. The Morgan fingerprint density at radius 2 is 2.15 bits per heavy atom. The molecule has 0 amide bonds. The molecule has 1 aliphatic heterocycles. The van der Waals surface area contributed by atoms with E-state index >= 15 is 0 Å². The summed E-state index contributed by atoms with van der Waals surface area (Å²) in [6.07, 6.45) is 0. The number of rotatable bonds is 4. The van der Waals surface area contributed by atoms with Gasteiger partial charge in [-0.3, -0.25) is 8.51 Å². The summed E-state index contributed by atoms with van der Waals surface area (Å²) >= 11 is 0. The van der Waals surface area contributed by atoms with Gasteiger partial charge in [-0.2, -0.15) is 13.1 Å². The lowest BCUT2D eigenvalue weighted by molar-refractivity contribution is 0.475. The average molecular weight is 318 g/mol. The lowest BCUT2D eigenvalue weighted by atomic mass is 10.2. The summed E-state index contributed by atoms with van der Waals surface area (Å²) < 4.78 is 38.7. The standard InChI is InChI=1S/C12H18N2O4S2/c1-9(2)19(16)8-10-3-4-11(12(15)7-10)14-6-5-13-20(14,17)18/h3-4,7,9,13,15H,5-6,8H2,1-2H3. The zero-order chi connectivity index (χ0) is 14.9.